The van der Waals surface area contributed by atoms with Gasteiger partial charge < -0.3 is 20.5 Å². The molecule has 0 bridgehead atoms. The molecule has 0 aliphatic heterocycles. The van der Waals surface area contributed by atoms with Crippen molar-refractivity contribution in [3.8, 4) is 5.75 Å². The van der Waals surface area contributed by atoms with Crippen LogP contribution >= 0.6 is 0 Å². The van der Waals surface area contributed by atoms with Crippen LogP contribution in [-0.4, -0.2) is 42.7 Å². The number of aromatic nitrogens is 2. The first-order chi connectivity index (χ1) is 7.72. The van der Waals surface area contributed by atoms with Gasteiger partial charge in [0.05, 0.1) is 26.1 Å². The number of nitrogens with zero attached hydrogens (tertiary/aromatic N) is 2. The second-order valence-electron chi connectivity index (χ2n) is 2.89. The molecule has 0 spiro atoms. The summed E-state index contributed by atoms with van der Waals surface area (Å²) >= 11 is 0. The summed E-state index contributed by atoms with van der Waals surface area (Å²) < 4.78 is 9.85. The van der Waals surface area contributed by atoms with E-state index in [0.29, 0.717) is 24.8 Å². The lowest BCUT2D eigenvalue weighted by molar-refractivity contribution is -0.122. The molecular formula is C9H14N4O3. The molecule has 0 unspecified atom stereocenters. The van der Waals surface area contributed by atoms with Gasteiger partial charge in [0.2, 0.25) is 11.9 Å². The van der Waals surface area contributed by atoms with E-state index in [1.807, 2.05) is 0 Å². The average molecular weight is 226 g/mol. The molecule has 7 nitrogen and oxygen atoms in total. The Bertz CT molecular complexity index is 328. The molecule has 0 aliphatic rings. The molecule has 1 aromatic rings. The van der Waals surface area contributed by atoms with Crippen LogP contribution in [0, 0.1) is 0 Å². The fourth-order valence-corrected chi connectivity index (χ4v) is 0.921. The molecule has 1 aromatic heterocycles. The number of hydrogen-bond acceptors (Lipinski definition) is 6. The van der Waals surface area contributed by atoms with E-state index in [1.165, 1.54) is 0 Å². The van der Waals surface area contributed by atoms with E-state index >= 15 is 0 Å². The lowest BCUT2D eigenvalue weighted by atomic mass is 10.6. The molecular weight excluding hydrogens is 212 g/mol. The average Bonchev–Trinajstić information content (AvgIpc) is 2.29. The topological polar surface area (TPSA) is 99.4 Å². The van der Waals surface area contributed by atoms with Gasteiger partial charge in [-0.3, -0.25) is 4.79 Å². The molecule has 16 heavy (non-hydrogen) atoms. The number of hydrogen-bond donors (Lipinski definition) is 2. The summed E-state index contributed by atoms with van der Waals surface area (Å²) in [7, 11) is 1.55. The molecule has 0 radical (unpaired) electrons. The van der Waals surface area contributed by atoms with Gasteiger partial charge in [-0.1, -0.05) is 0 Å². The molecule has 1 heterocycles. The van der Waals surface area contributed by atoms with Crippen LogP contribution in [0.1, 0.15) is 0 Å². The molecule has 1 rings (SSSR count). The molecule has 0 saturated carbocycles. The normalized spacial score (nSPS) is 9.81. The van der Waals surface area contributed by atoms with E-state index in [-0.39, 0.29) is 6.61 Å². The van der Waals surface area contributed by atoms with Gasteiger partial charge in [-0.15, -0.1) is 0 Å². The molecule has 0 fully saturated rings. The van der Waals surface area contributed by atoms with Gasteiger partial charge in [-0.2, -0.15) is 0 Å². The number of nitrogens with two attached hydrogens (primary N) is 1. The maximum Gasteiger partial charge on any atom is 0.243 e. The van der Waals surface area contributed by atoms with E-state index in [9.17, 15) is 4.79 Å². The lowest BCUT2D eigenvalue weighted by Gasteiger charge is -2.05. The van der Waals surface area contributed by atoms with Crippen LogP contribution in [0.4, 0.5) is 5.95 Å². The van der Waals surface area contributed by atoms with Crippen molar-refractivity contribution in [2.45, 2.75) is 0 Å². The Morgan fingerprint density at radius 2 is 2.19 bits per heavy atom. The third kappa shape index (κ3) is 4.56. The summed E-state index contributed by atoms with van der Waals surface area (Å²) in [6.45, 7) is 0.781. The van der Waals surface area contributed by atoms with Crippen molar-refractivity contribution >= 4 is 11.9 Å². The molecule has 0 atom stereocenters. The first kappa shape index (κ1) is 12.2. The minimum atomic E-state index is -0.485. The van der Waals surface area contributed by atoms with Crippen LogP contribution in [-0.2, 0) is 9.53 Å². The predicted molar refractivity (Wildman–Crippen MR) is 57.1 cm³/mol. The fourth-order valence-electron chi connectivity index (χ4n) is 0.921. The largest absolute Gasteiger partial charge is 0.494 e. The number of amides is 1. The zero-order chi connectivity index (χ0) is 11.8. The maximum atomic E-state index is 10.3. The van der Waals surface area contributed by atoms with Gasteiger partial charge >= 0.3 is 0 Å². The predicted octanol–water partition coefficient (Wildman–Crippen LogP) is -0.601. The Labute approximate surface area is 93.0 Å². The number of ether oxygens (including phenoxy) is 2. The quantitative estimate of drug-likeness (QED) is 0.602. The lowest BCUT2D eigenvalue weighted by Crippen LogP contribution is -2.20. The summed E-state index contributed by atoms with van der Waals surface area (Å²) in [5, 5.41) is 2.91. The molecule has 0 saturated heterocycles. The highest BCUT2D eigenvalue weighted by atomic mass is 16.5. The fraction of sp³-hybridized carbons (Fsp3) is 0.444. The summed E-state index contributed by atoms with van der Waals surface area (Å²) in [6, 6.07) is 0. The molecule has 0 aliphatic carbocycles. The SMILES string of the molecule is COc1cnc(NCCOCC(N)=O)nc1. The number of primary amides is 1. The third-order valence-corrected chi connectivity index (χ3v) is 1.64. The number of carbonyl (C=O) groups excluding carboxylic acids is 1. The standard InChI is InChI=1S/C9H14N4O3/c1-15-7-4-12-9(13-5-7)11-2-3-16-6-8(10)14/h4-5H,2-3,6H2,1H3,(H2,10,14)(H,11,12,13). The van der Waals surface area contributed by atoms with Crippen LogP contribution < -0.4 is 15.8 Å². The highest BCUT2D eigenvalue weighted by Gasteiger charge is 1.97. The van der Waals surface area contributed by atoms with Gasteiger partial charge in [-0.25, -0.2) is 9.97 Å². The number of rotatable bonds is 7. The highest BCUT2D eigenvalue weighted by molar-refractivity contribution is 5.74. The van der Waals surface area contributed by atoms with Gasteiger partial charge in [-0.05, 0) is 0 Å². The zero-order valence-corrected chi connectivity index (χ0v) is 8.97. The van der Waals surface area contributed by atoms with E-state index in [0.717, 1.165) is 0 Å². The Kier molecular flexibility index (Phi) is 5.00. The zero-order valence-electron chi connectivity index (χ0n) is 8.97. The van der Waals surface area contributed by atoms with Gasteiger partial charge in [0.1, 0.15) is 6.61 Å². The van der Waals surface area contributed by atoms with Crippen molar-refractivity contribution in [1.29, 1.82) is 0 Å². The van der Waals surface area contributed by atoms with Crippen molar-refractivity contribution in [3.05, 3.63) is 12.4 Å². The smallest absolute Gasteiger partial charge is 0.243 e. The monoisotopic (exact) mass is 226 g/mol. The number of carbonyl (C=O) groups is 1. The van der Waals surface area contributed by atoms with Crippen LogP contribution in [0.2, 0.25) is 0 Å². The third-order valence-electron chi connectivity index (χ3n) is 1.64. The molecule has 88 valence electrons. The van der Waals surface area contributed by atoms with Crippen molar-refractivity contribution in [2.75, 3.05) is 32.2 Å². The van der Waals surface area contributed by atoms with Gasteiger partial charge in [0, 0.05) is 6.54 Å². The van der Waals surface area contributed by atoms with Crippen molar-refractivity contribution in [3.63, 3.8) is 0 Å². The molecule has 7 heteroatoms. The number of methoxy groups -OCH3 is 1. The maximum absolute atomic E-state index is 10.3. The van der Waals surface area contributed by atoms with E-state index < -0.39 is 5.91 Å². The van der Waals surface area contributed by atoms with Crippen molar-refractivity contribution < 1.29 is 14.3 Å². The van der Waals surface area contributed by atoms with Crippen molar-refractivity contribution in [2.24, 2.45) is 5.73 Å². The van der Waals surface area contributed by atoms with Crippen LogP contribution in [0.25, 0.3) is 0 Å². The van der Waals surface area contributed by atoms with E-state index in [1.54, 1.807) is 19.5 Å². The van der Waals surface area contributed by atoms with E-state index in [4.69, 9.17) is 15.2 Å². The minimum absolute atomic E-state index is 0.0782. The molecule has 0 aromatic carbocycles. The molecule has 1 amide bonds. The molecule has 3 N–H and O–H groups in total. The van der Waals surface area contributed by atoms with E-state index in [2.05, 4.69) is 15.3 Å². The Hall–Kier alpha value is -1.89. The number of nitrogens with one attached hydrogen (secondary N) is 1. The van der Waals surface area contributed by atoms with Crippen molar-refractivity contribution in [1.82, 2.24) is 9.97 Å². The Morgan fingerprint density at radius 1 is 1.50 bits per heavy atom. The van der Waals surface area contributed by atoms with Crippen LogP contribution in [0.5, 0.6) is 5.75 Å². The second kappa shape index (κ2) is 6.57. The summed E-state index contributed by atoms with van der Waals surface area (Å²) in [6.07, 6.45) is 3.11. The Morgan fingerprint density at radius 3 is 2.75 bits per heavy atom. The van der Waals surface area contributed by atoms with Crippen LogP contribution in [0.3, 0.4) is 0 Å². The van der Waals surface area contributed by atoms with Gasteiger partial charge in [0.15, 0.2) is 5.75 Å². The number of anilines is 1. The highest BCUT2D eigenvalue weighted by Crippen LogP contribution is 2.06. The summed E-state index contributed by atoms with van der Waals surface area (Å²) in [5.41, 5.74) is 4.89. The second-order valence-corrected chi connectivity index (χ2v) is 2.89. The summed E-state index contributed by atoms with van der Waals surface area (Å²) in [5.74, 6) is 0.583. The first-order valence-corrected chi connectivity index (χ1v) is 4.68. The first-order valence-electron chi connectivity index (χ1n) is 4.68. The van der Waals surface area contributed by atoms with Gasteiger partial charge in [0.25, 0.3) is 0 Å². The minimum Gasteiger partial charge on any atom is -0.494 e. The Balaban J connectivity index is 2.19. The van der Waals surface area contributed by atoms with Crippen LogP contribution in [0.15, 0.2) is 12.4 Å². The summed E-state index contributed by atoms with van der Waals surface area (Å²) in [4.78, 5) is 18.3.